The molecule has 2 N–H and O–H groups in total. The smallest absolute Gasteiger partial charge is 0.414 e. The van der Waals surface area contributed by atoms with Crippen molar-refractivity contribution < 1.29 is 33.0 Å². The molecule has 0 bridgehead atoms. The second kappa shape index (κ2) is 16.3. The highest BCUT2D eigenvalue weighted by Crippen LogP contribution is 2.38. The first kappa shape index (κ1) is 34.8. The van der Waals surface area contributed by atoms with Gasteiger partial charge in [-0.15, -0.1) is 0 Å². The van der Waals surface area contributed by atoms with Crippen LogP contribution >= 0.6 is 0 Å². The van der Waals surface area contributed by atoms with E-state index in [0.717, 1.165) is 48.2 Å². The summed E-state index contributed by atoms with van der Waals surface area (Å²) in [6.45, 7) is 14.5. The molecule has 232 valence electrons. The van der Waals surface area contributed by atoms with Crippen molar-refractivity contribution in [2.75, 3.05) is 26.2 Å². The number of carbonyl (C=O) groups is 2. The van der Waals surface area contributed by atoms with Gasteiger partial charge < -0.3 is 24.4 Å². The molecule has 0 saturated heterocycles. The number of ether oxygens (including phenoxy) is 1. The van der Waals surface area contributed by atoms with Crippen LogP contribution in [0, 0.1) is 6.92 Å². The summed E-state index contributed by atoms with van der Waals surface area (Å²) in [5.74, 6) is -2.87. The number of fused-ring (bicyclic) bond motifs is 1. The van der Waals surface area contributed by atoms with Crippen molar-refractivity contribution >= 4 is 32.7 Å². The number of hydrogen-bond acceptors (Lipinski definition) is 6. The van der Waals surface area contributed by atoms with E-state index >= 15 is 0 Å². The molecular formula is C32H46N2O7S. The number of aliphatic carboxylic acids is 2. The van der Waals surface area contributed by atoms with E-state index in [1.165, 1.54) is 25.7 Å². The summed E-state index contributed by atoms with van der Waals surface area (Å²) in [7, 11) is -1.74. The van der Waals surface area contributed by atoms with Crippen LogP contribution in [-0.2, 0) is 26.5 Å². The maximum absolute atomic E-state index is 13.9. The fourth-order valence-electron chi connectivity index (χ4n) is 4.97. The van der Waals surface area contributed by atoms with Crippen LogP contribution < -0.4 is 4.74 Å². The molecule has 2 aromatic carbocycles. The monoisotopic (exact) mass is 602 g/mol. The highest BCUT2D eigenvalue weighted by Gasteiger charge is 2.30. The maximum Gasteiger partial charge on any atom is 0.414 e. The van der Waals surface area contributed by atoms with Crippen molar-refractivity contribution in [2.24, 2.45) is 7.05 Å². The van der Waals surface area contributed by atoms with Gasteiger partial charge in [0.05, 0.1) is 11.5 Å². The number of nitrogens with zero attached hydrogens (tertiary/aromatic N) is 2. The lowest BCUT2D eigenvalue weighted by atomic mass is 10.1. The molecule has 0 unspecified atom stereocenters. The largest absolute Gasteiger partial charge is 0.494 e. The molecule has 0 aliphatic heterocycles. The molecule has 0 amide bonds. The summed E-state index contributed by atoms with van der Waals surface area (Å²) in [5.41, 5.74) is 2.76. The Morgan fingerprint density at radius 3 is 1.95 bits per heavy atom. The number of sulfone groups is 1. The van der Waals surface area contributed by atoms with E-state index < -0.39 is 21.8 Å². The quantitative estimate of drug-likeness (QED) is 0.163. The minimum absolute atomic E-state index is 0.0726. The lowest BCUT2D eigenvalue weighted by molar-refractivity contribution is -0.159. The topological polar surface area (TPSA) is 126 Å². The molecule has 0 radical (unpaired) electrons. The lowest BCUT2D eigenvalue weighted by Gasteiger charge is -2.21. The van der Waals surface area contributed by atoms with E-state index in [-0.39, 0.29) is 5.92 Å². The first-order valence-electron chi connectivity index (χ1n) is 14.6. The molecule has 9 nitrogen and oxygen atoms in total. The number of benzene rings is 2. The second-order valence-corrected chi connectivity index (χ2v) is 12.6. The van der Waals surface area contributed by atoms with Crippen molar-refractivity contribution in [1.82, 2.24) is 9.47 Å². The zero-order valence-electron chi connectivity index (χ0n) is 25.7. The van der Waals surface area contributed by atoms with Crippen molar-refractivity contribution in [3.63, 3.8) is 0 Å². The van der Waals surface area contributed by atoms with Crippen molar-refractivity contribution in [1.29, 1.82) is 0 Å². The van der Waals surface area contributed by atoms with Crippen LogP contribution in [0.1, 0.15) is 77.0 Å². The molecular weight excluding hydrogens is 556 g/mol. The summed E-state index contributed by atoms with van der Waals surface area (Å²) in [6.07, 6.45) is 5.85. The molecule has 1 heterocycles. The van der Waals surface area contributed by atoms with Gasteiger partial charge in [0, 0.05) is 30.2 Å². The van der Waals surface area contributed by atoms with E-state index in [2.05, 4.69) is 18.7 Å². The average molecular weight is 603 g/mol. The third-order valence-electron chi connectivity index (χ3n) is 7.11. The highest BCUT2D eigenvalue weighted by molar-refractivity contribution is 7.91. The van der Waals surface area contributed by atoms with Gasteiger partial charge in [0.1, 0.15) is 10.6 Å². The van der Waals surface area contributed by atoms with Crippen molar-refractivity contribution in [3.8, 4) is 5.75 Å². The fourth-order valence-corrected chi connectivity index (χ4v) is 6.88. The van der Waals surface area contributed by atoms with Crippen LogP contribution in [0.25, 0.3) is 10.9 Å². The highest BCUT2D eigenvalue weighted by atomic mass is 32.2. The molecule has 1 aromatic heterocycles. The van der Waals surface area contributed by atoms with E-state index in [9.17, 15) is 8.42 Å². The number of rotatable bonds is 14. The summed E-state index contributed by atoms with van der Waals surface area (Å²) in [6, 6.07) is 12.9. The predicted molar refractivity (Wildman–Crippen MR) is 165 cm³/mol. The van der Waals surface area contributed by atoms with Gasteiger partial charge in [-0.3, -0.25) is 0 Å². The van der Waals surface area contributed by atoms with Crippen molar-refractivity contribution in [3.05, 3.63) is 53.7 Å². The Labute approximate surface area is 250 Å². The Balaban J connectivity index is 0.000000928. The molecule has 3 aromatic rings. The van der Waals surface area contributed by atoms with Crippen LogP contribution in [0.15, 0.2) is 52.3 Å². The Hall–Kier alpha value is -3.37. The number of carboxylic acids is 2. The zero-order chi connectivity index (χ0) is 31.4. The summed E-state index contributed by atoms with van der Waals surface area (Å²) < 4.78 is 35.8. The number of unbranched alkanes of at least 4 members (excludes halogenated alkanes) is 2. The van der Waals surface area contributed by atoms with Crippen LogP contribution in [-0.4, -0.2) is 66.3 Å². The SMILES string of the molecule is CCCCN(CCCC)CCCOc1ccc(S(=O)(=O)c2c(C(C)C)n(C)c3cccc(C)c23)cc1.O=C(O)C(=O)O. The fraction of sp³-hybridized carbons (Fsp3) is 0.500. The van der Waals surface area contributed by atoms with Crippen molar-refractivity contribution in [2.45, 2.75) is 82.4 Å². The van der Waals surface area contributed by atoms with Crippen LogP contribution in [0.4, 0.5) is 0 Å². The molecule has 3 rings (SSSR count). The zero-order valence-corrected chi connectivity index (χ0v) is 26.5. The van der Waals surface area contributed by atoms with Gasteiger partial charge >= 0.3 is 11.9 Å². The third-order valence-corrected chi connectivity index (χ3v) is 8.95. The number of aromatic nitrogens is 1. The molecule has 0 fully saturated rings. The Morgan fingerprint density at radius 1 is 0.905 bits per heavy atom. The molecule has 42 heavy (non-hydrogen) atoms. The standard InChI is InChI=1S/C30H44N2O3S.C2H2O4/c1-7-9-19-32(20-10-8-2)21-12-22-35-25-15-17-26(18-16-25)36(33,34)30-28-24(5)13-11-14-27(28)31(6)29(30)23(3)4;3-1(4)2(5)6/h11,13-18,23H,7-10,12,19-22H2,1-6H3;(H,3,4)(H,5,6). The number of carboxylic acid groups (broad SMARTS) is 2. The minimum Gasteiger partial charge on any atom is -0.494 e. The van der Waals surface area contributed by atoms with Gasteiger partial charge in [-0.05, 0) is 81.1 Å². The Morgan fingerprint density at radius 2 is 1.45 bits per heavy atom. The summed E-state index contributed by atoms with van der Waals surface area (Å²) >= 11 is 0. The van der Waals surface area contributed by atoms with E-state index in [0.29, 0.717) is 22.1 Å². The Bertz CT molecular complexity index is 1410. The molecule has 10 heteroatoms. The lowest BCUT2D eigenvalue weighted by Crippen LogP contribution is -2.28. The van der Waals surface area contributed by atoms with Gasteiger partial charge in [-0.1, -0.05) is 52.7 Å². The first-order chi connectivity index (χ1) is 19.9. The normalized spacial score (nSPS) is 11.5. The Kier molecular flexibility index (Phi) is 13.5. The van der Waals surface area contributed by atoms with Gasteiger partial charge in [0.15, 0.2) is 0 Å². The molecule has 0 aliphatic rings. The van der Waals surface area contributed by atoms with E-state index in [1.807, 2.05) is 50.6 Å². The summed E-state index contributed by atoms with van der Waals surface area (Å²) in [5, 5.41) is 15.6. The van der Waals surface area contributed by atoms with Crippen LogP contribution in [0.3, 0.4) is 0 Å². The van der Waals surface area contributed by atoms with E-state index in [4.69, 9.17) is 24.5 Å². The molecule has 0 spiro atoms. The third kappa shape index (κ3) is 9.06. The molecule has 0 atom stereocenters. The van der Waals surface area contributed by atoms with Crippen LogP contribution in [0.2, 0.25) is 0 Å². The minimum atomic E-state index is -3.70. The van der Waals surface area contributed by atoms with Crippen LogP contribution in [0.5, 0.6) is 5.75 Å². The van der Waals surface area contributed by atoms with E-state index in [1.54, 1.807) is 24.3 Å². The van der Waals surface area contributed by atoms with Gasteiger partial charge in [-0.25, -0.2) is 18.0 Å². The molecule has 0 aliphatic carbocycles. The second-order valence-electron chi connectivity index (χ2n) is 10.7. The number of hydrogen-bond donors (Lipinski definition) is 2. The summed E-state index contributed by atoms with van der Waals surface area (Å²) in [4.78, 5) is 21.5. The maximum atomic E-state index is 13.9. The first-order valence-corrected chi connectivity index (χ1v) is 16.1. The molecule has 0 saturated carbocycles. The average Bonchev–Trinajstić information content (AvgIpc) is 3.27. The van der Waals surface area contributed by atoms with Gasteiger partial charge in [0.2, 0.25) is 9.84 Å². The predicted octanol–water partition coefficient (Wildman–Crippen LogP) is 6.27. The van der Waals surface area contributed by atoms with Gasteiger partial charge in [0.25, 0.3) is 0 Å². The number of aryl methyl sites for hydroxylation is 2. The van der Waals surface area contributed by atoms with Gasteiger partial charge in [-0.2, -0.15) is 0 Å².